The summed E-state index contributed by atoms with van der Waals surface area (Å²) in [4.78, 5) is 4.04. The highest BCUT2D eigenvalue weighted by molar-refractivity contribution is 5.26. The van der Waals surface area contributed by atoms with Crippen molar-refractivity contribution in [2.45, 2.75) is 37.6 Å². The van der Waals surface area contributed by atoms with E-state index >= 15 is 0 Å². The van der Waals surface area contributed by atoms with E-state index in [0.717, 1.165) is 24.9 Å². The highest BCUT2D eigenvalue weighted by Gasteiger charge is 2.57. The zero-order valence-electron chi connectivity index (χ0n) is 10.5. The van der Waals surface area contributed by atoms with Gasteiger partial charge in [0.05, 0.1) is 0 Å². The average molecular weight is 263 g/mol. The number of piperidine rings is 1. The van der Waals surface area contributed by atoms with Crippen LogP contribution >= 0.6 is 0 Å². The zero-order valence-corrected chi connectivity index (χ0v) is 10.5. The minimum atomic E-state index is -2.47. The van der Waals surface area contributed by atoms with E-state index in [1.807, 2.05) is 12.1 Å². The van der Waals surface area contributed by atoms with Gasteiger partial charge in [-0.3, -0.25) is 0 Å². The molecule has 0 aromatic carbocycles. The molecule has 1 atom stereocenters. The Balaban J connectivity index is 1.73. The van der Waals surface area contributed by atoms with Gasteiger partial charge in [-0.2, -0.15) is 5.26 Å². The Bertz CT molecular complexity index is 510. The van der Waals surface area contributed by atoms with E-state index < -0.39 is 5.92 Å². The normalized spacial score (nSPS) is 27.5. The summed E-state index contributed by atoms with van der Waals surface area (Å²) in [7, 11) is 0. The molecule has 0 radical (unpaired) electrons. The molecule has 0 unspecified atom stereocenters. The van der Waals surface area contributed by atoms with E-state index in [4.69, 9.17) is 5.26 Å². The number of nitriles is 1. The van der Waals surface area contributed by atoms with E-state index in [9.17, 15) is 8.78 Å². The molecule has 1 saturated carbocycles. The third-order valence-corrected chi connectivity index (χ3v) is 4.25. The second kappa shape index (κ2) is 4.24. The molecule has 1 spiro atoms. The first-order chi connectivity index (χ1) is 9.02. The van der Waals surface area contributed by atoms with Crippen molar-refractivity contribution in [1.82, 2.24) is 10.3 Å². The van der Waals surface area contributed by atoms with Crippen LogP contribution in [0.3, 0.4) is 0 Å². The maximum Gasteiger partial charge on any atom is 0.249 e. The topological polar surface area (TPSA) is 48.7 Å². The predicted molar refractivity (Wildman–Crippen MR) is 65.5 cm³/mol. The summed E-state index contributed by atoms with van der Waals surface area (Å²) < 4.78 is 26.3. The molecule has 2 heterocycles. The van der Waals surface area contributed by atoms with Gasteiger partial charge in [0.15, 0.2) is 0 Å². The molecule has 2 aliphatic rings. The molecule has 100 valence electrons. The molecule has 0 amide bonds. The van der Waals surface area contributed by atoms with E-state index in [1.54, 1.807) is 12.3 Å². The molecule has 3 nitrogen and oxygen atoms in total. The first kappa shape index (κ1) is 12.5. The lowest BCUT2D eigenvalue weighted by molar-refractivity contribution is -0.174. The van der Waals surface area contributed by atoms with Gasteiger partial charge in [-0.05, 0) is 36.4 Å². The van der Waals surface area contributed by atoms with Gasteiger partial charge in [0.25, 0.3) is 0 Å². The lowest BCUT2D eigenvalue weighted by atomic mass is 9.59. The number of pyridine rings is 1. The van der Waals surface area contributed by atoms with Crippen LogP contribution in [0.5, 0.6) is 0 Å². The number of alkyl halides is 2. The molecule has 1 aliphatic heterocycles. The van der Waals surface area contributed by atoms with Crippen LogP contribution in [-0.2, 0) is 0 Å². The SMILES string of the molecule is N#Cc1ccc([C@H]2CC3(CCN2)CC(F)(F)C3)cn1. The highest BCUT2D eigenvalue weighted by Crippen LogP contribution is 2.58. The number of aromatic nitrogens is 1. The van der Waals surface area contributed by atoms with E-state index in [0.29, 0.717) is 5.69 Å². The highest BCUT2D eigenvalue weighted by atomic mass is 19.3. The number of hydrogen-bond donors (Lipinski definition) is 1. The van der Waals surface area contributed by atoms with Crippen molar-refractivity contribution in [3.05, 3.63) is 29.6 Å². The Morgan fingerprint density at radius 1 is 1.37 bits per heavy atom. The summed E-state index contributed by atoms with van der Waals surface area (Å²) >= 11 is 0. The van der Waals surface area contributed by atoms with Crippen LogP contribution in [0.2, 0.25) is 0 Å². The van der Waals surface area contributed by atoms with Crippen LogP contribution in [0, 0.1) is 16.7 Å². The minimum absolute atomic E-state index is 0.0158. The fraction of sp³-hybridized carbons (Fsp3) is 0.571. The fourth-order valence-corrected chi connectivity index (χ4v) is 3.40. The van der Waals surface area contributed by atoms with E-state index in [2.05, 4.69) is 10.3 Å². The van der Waals surface area contributed by atoms with Crippen molar-refractivity contribution in [1.29, 1.82) is 5.26 Å². The third kappa shape index (κ3) is 2.33. The molecular formula is C14H15F2N3. The number of rotatable bonds is 1. The fourth-order valence-electron chi connectivity index (χ4n) is 3.40. The Hall–Kier alpha value is -1.54. The van der Waals surface area contributed by atoms with Gasteiger partial charge in [0.1, 0.15) is 11.8 Å². The predicted octanol–water partition coefficient (Wildman–Crippen LogP) is 2.79. The smallest absolute Gasteiger partial charge is 0.249 e. The van der Waals surface area contributed by atoms with Crippen molar-refractivity contribution in [2.75, 3.05) is 6.54 Å². The quantitative estimate of drug-likeness (QED) is 0.847. The summed E-state index contributed by atoms with van der Waals surface area (Å²) in [6, 6.07) is 5.58. The first-order valence-electron chi connectivity index (χ1n) is 6.49. The van der Waals surface area contributed by atoms with Crippen LogP contribution in [-0.4, -0.2) is 17.5 Å². The number of halogens is 2. The van der Waals surface area contributed by atoms with E-state index in [-0.39, 0.29) is 24.3 Å². The number of nitrogens with zero attached hydrogens (tertiary/aromatic N) is 2. The molecule has 1 saturated heterocycles. The molecule has 2 fully saturated rings. The Kier molecular flexibility index (Phi) is 2.79. The van der Waals surface area contributed by atoms with Crippen LogP contribution in [0.4, 0.5) is 8.78 Å². The van der Waals surface area contributed by atoms with Crippen LogP contribution < -0.4 is 5.32 Å². The Morgan fingerprint density at radius 2 is 2.16 bits per heavy atom. The average Bonchev–Trinajstić information content (AvgIpc) is 2.37. The largest absolute Gasteiger partial charge is 0.310 e. The monoisotopic (exact) mass is 263 g/mol. The molecule has 1 N–H and O–H groups in total. The molecule has 3 rings (SSSR count). The molecule has 1 aromatic heterocycles. The molecular weight excluding hydrogens is 248 g/mol. The molecule has 1 aromatic rings. The van der Waals surface area contributed by atoms with Crippen molar-refractivity contribution in [3.63, 3.8) is 0 Å². The summed E-state index contributed by atoms with van der Waals surface area (Å²) in [5.74, 6) is -2.47. The van der Waals surface area contributed by atoms with Crippen LogP contribution in [0.1, 0.15) is 43.0 Å². The van der Waals surface area contributed by atoms with Gasteiger partial charge >= 0.3 is 0 Å². The van der Waals surface area contributed by atoms with Gasteiger partial charge < -0.3 is 5.32 Å². The molecule has 1 aliphatic carbocycles. The lowest BCUT2D eigenvalue weighted by Gasteiger charge is -2.52. The van der Waals surface area contributed by atoms with Gasteiger partial charge in [0.2, 0.25) is 5.92 Å². The summed E-state index contributed by atoms with van der Waals surface area (Å²) in [6.45, 7) is 0.765. The van der Waals surface area contributed by atoms with Gasteiger partial charge in [0, 0.05) is 25.1 Å². The van der Waals surface area contributed by atoms with Crippen molar-refractivity contribution in [2.24, 2.45) is 5.41 Å². The van der Waals surface area contributed by atoms with Crippen LogP contribution in [0.25, 0.3) is 0 Å². The molecule has 19 heavy (non-hydrogen) atoms. The first-order valence-corrected chi connectivity index (χ1v) is 6.49. The second-order valence-electron chi connectivity index (χ2n) is 5.76. The Labute approximate surface area is 110 Å². The minimum Gasteiger partial charge on any atom is -0.310 e. The van der Waals surface area contributed by atoms with Gasteiger partial charge in [-0.25, -0.2) is 13.8 Å². The maximum atomic E-state index is 13.1. The zero-order chi connectivity index (χ0) is 13.5. The maximum absolute atomic E-state index is 13.1. The summed E-state index contributed by atoms with van der Waals surface area (Å²) in [5, 5.41) is 12.1. The summed E-state index contributed by atoms with van der Waals surface area (Å²) in [6.07, 6.45) is 3.26. The van der Waals surface area contributed by atoms with Crippen molar-refractivity contribution < 1.29 is 8.78 Å². The van der Waals surface area contributed by atoms with Crippen molar-refractivity contribution in [3.8, 4) is 6.07 Å². The number of hydrogen-bond acceptors (Lipinski definition) is 3. The van der Waals surface area contributed by atoms with Crippen LogP contribution in [0.15, 0.2) is 18.3 Å². The third-order valence-electron chi connectivity index (χ3n) is 4.25. The van der Waals surface area contributed by atoms with Gasteiger partial charge in [-0.15, -0.1) is 0 Å². The Morgan fingerprint density at radius 3 is 2.74 bits per heavy atom. The van der Waals surface area contributed by atoms with Gasteiger partial charge in [-0.1, -0.05) is 6.07 Å². The van der Waals surface area contributed by atoms with Crippen molar-refractivity contribution >= 4 is 0 Å². The second-order valence-corrected chi connectivity index (χ2v) is 5.76. The summed E-state index contributed by atoms with van der Waals surface area (Å²) in [5.41, 5.74) is 1.16. The molecule has 5 heteroatoms. The molecule has 0 bridgehead atoms. The standard InChI is InChI=1S/C14H15F2N3/c15-14(16)8-13(9-14)3-4-18-12(5-13)10-1-2-11(6-17)19-7-10/h1-2,7,12,18H,3-5,8-9H2/t12-/m1/s1. The number of nitrogens with one attached hydrogen (secondary N) is 1. The van der Waals surface area contributed by atoms with E-state index in [1.165, 1.54) is 0 Å². The lowest BCUT2D eigenvalue weighted by Crippen LogP contribution is -2.52.